The summed E-state index contributed by atoms with van der Waals surface area (Å²) in [4.78, 5) is 0. The molecule has 0 spiro atoms. The fourth-order valence-corrected chi connectivity index (χ4v) is 2.71. The molecule has 2 rings (SSSR count). The molecule has 0 saturated heterocycles. The van der Waals surface area contributed by atoms with E-state index in [1.807, 2.05) is 0 Å². The summed E-state index contributed by atoms with van der Waals surface area (Å²) in [5.41, 5.74) is 0. The van der Waals surface area contributed by atoms with E-state index in [0.29, 0.717) is 12.3 Å². The first-order valence-electron chi connectivity index (χ1n) is 4.16. The van der Waals surface area contributed by atoms with Crippen LogP contribution in [0.3, 0.4) is 0 Å². The highest BCUT2D eigenvalue weighted by Gasteiger charge is 2.39. The number of ether oxygens (including phenoxy) is 1. The first-order valence-corrected chi connectivity index (χ1v) is 4.87. The largest absolute Gasteiger partial charge is 0.382 e. The molecule has 10 heavy (non-hydrogen) atoms. The highest BCUT2D eigenvalue weighted by atomic mass is 28.1. The maximum Gasteiger partial charge on any atom is 0.0609 e. The van der Waals surface area contributed by atoms with Crippen LogP contribution in [0.1, 0.15) is 25.7 Å². The first kappa shape index (κ1) is 6.86. The lowest BCUT2D eigenvalue weighted by Crippen LogP contribution is -2.20. The van der Waals surface area contributed by atoms with E-state index in [4.69, 9.17) is 4.74 Å². The molecule has 2 aliphatic rings. The number of rotatable bonds is 2. The second-order valence-electron chi connectivity index (χ2n) is 3.52. The van der Waals surface area contributed by atoms with Crippen molar-refractivity contribution in [1.29, 1.82) is 0 Å². The van der Waals surface area contributed by atoms with E-state index in [9.17, 15) is 0 Å². The van der Waals surface area contributed by atoms with Crippen molar-refractivity contribution in [3.05, 3.63) is 0 Å². The molecule has 3 radical (unpaired) electrons. The van der Waals surface area contributed by atoms with Gasteiger partial charge in [-0.15, -0.1) is 0 Å². The number of hydrogen-bond donors (Lipinski definition) is 0. The van der Waals surface area contributed by atoms with E-state index in [1.165, 1.54) is 25.7 Å². The molecule has 0 amide bonds. The van der Waals surface area contributed by atoms with Gasteiger partial charge in [-0.1, -0.05) is 0 Å². The lowest BCUT2D eigenvalue weighted by molar-refractivity contribution is 0.0442. The summed E-state index contributed by atoms with van der Waals surface area (Å²) in [6.07, 6.45) is 6.96. The van der Waals surface area contributed by atoms with Crippen LogP contribution < -0.4 is 0 Å². The average Bonchev–Trinajstić information content (AvgIpc) is 2.48. The minimum atomic E-state index is 0.594. The Hall–Kier alpha value is 0.177. The van der Waals surface area contributed by atoms with Crippen molar-refractivity contribution in [2.24, 2.45) is 11.8 Å². The third-order valence-corrected chi connectivity index (χ3v) is 3.14. The fourth-order valence-electron chi connectivity index (χ4n) is 2.50. The van der Waals surface area contributed by atoms with Crippen molar-refractivity contribution in [3.8, 4) is 0 Å². The Morgan fingerprint density at radius 2 is 2.20 bits per heavy atom. The molecule has 0 aromatic carbocycles. The molecule has 2 bridgehead atoms. The normalized spacial score (nSPS) is 44.7. The van der Waals surface area contributed by atoms with E-state index in [0.717, 1.165) is 11.8 Å². The maximum absolute atomic E-state index is 5.55. The quantitative estimate of drug-likeness (QED) is 0.544. The minimum Gasteiger partial charge on any atom is -0.382 e. The summed E-state index contributed by atoms with van der Waals surface area (Å²) in [7, 11) is 3.35. The Labute approximate surface area is 65.6 Å². The van der Waals surface area contributed by atoms with Gasteiger partial charge in [-0.3, -0.25) is 0 Å². The smallest absolute Gasteiger partial charge is 0.0609 e. The molecule has 0 N–H and O–H groups in total. The van der Waals surface area contributed by atoms with Gasteiger partial charge >= 0.3 is 0 Å². The maximum atomic E-state index is 5.55. The molecule has 1 nitrogen and oxygen atoms in total. The van der Waals surface area contributed by atoms with Crippen molar-refractivity contribution >= 4 is 10.2 Å². The van der Waals surface area contributed by atoms with Crippen LogP contribution in [0.5, 0.6) is 0 Å². The predicted octanol–water partition coefficient (Wildman–Crippen LogP) is 1.32. The van der Waals surface area contributed by atoms with Crippen molar-refractivity contribution in [3.63, 3.8) is 0 Å². The van der Waals surface area contributed by atoms with Gasteiger partial charge in [-0.25, -0.2) is 0 Å². The van der Waals surface area contributed by atoms with Crippen molar-refractivity contribution in [2.45, 2.75) is 31.8 Å². The van der Waals surface area contributed by atoms with Crippen LogP contribution in [0.4, 0.5) is 0 Å². The first-order chi connectivity index (χ1) is 4.90. The molecule has 0 aromatic heterocycles. The van der Waals surface area contributed by atoms with Gasteiger partial charge in [-0.2, -0.15) is 0 Å². The predicted molar refractivity (Wildman–Crippen MR) is 40.9 cm³/mol. The standard InChI is InChI=1S/C8H13OSi/c10-5-9-8-4-6-1-2-7(8)3-6/h6-8H,1-5H2. The topological polar surface area (TPSA) is 9.23 Å². The molecule has 0 aromatic rings. The molecule has 0 heterocycles. The minimum absolute atomic E-state index is 0.594. The molecule has 3 unspecified atom stereocenters. The highest BCUT2D eigenvalue weighted by Crippen LogP contribution is 2.45. The second kappa shape index (κ2) is 2.66. The van der Waals surface area contributed by atoms with E-state index in [-0.39, 0.29) is 0 Å². The van der Waals surface area contributed by atoms with Gasteiger partial charge < -0.3 is 4.74 Å². The third-order valence-electron chi connectivity index (χ3n) is 2.97. The van der Waals surface area contributed by atoms with Crippen LogP contribution in [0.25, 0.3) is 0 Å². The summed E-state index contributed by atoms with van der Waals surface area (Å²) in [6.45, 7) is 0. The average molecular weight is 153 g/mol. The van der Waals surface area contributed by atoms with Gasteiger partial charge in [0.15, 0.2) is 0 Å². The van der Waals surface area contributed by atoms with E-state index in [2.05, 4.69) is 10.2 Å². The SMILES string of the molecule is [Si]COC1CC2CCC1C2. The molecule has 2 aliphatic carbocycles. The number of fused-ring (bicyclic) bond motifs is 2. The number of hydrogen-bond acceptors (Lipinski definition) is 1. The Balaban J connectivity index is 1.90. The van der Waals surface area contributed by atoms with E-state index < -0.39 is 0 Å². The lowest BCUT2D eigenvalue weighted by Gasteiger charge is -2.20. The van der Waals surface area contributed by atoms with Crippen molar-refractivity contribution in [2.75, 3.05) is 6.23 Å². The molecule has 2 saturated carbocycles. The fraction of sp³-hybridized carbons (Fsp3) is 1.00. The Kier molecular flexibility index (Phi) is 1.83. The Morgan fingerprint density at radius 3 is 2.70 bits per heavy atom. The monoisotopic (exact) mass is 153 g/mol. The van der Waals surface area contributed by atoms with Crippen LogP contribution in [0.15, 0.2) is 0 Å². The van der Waals surface area contributed by atoms with Gasteiger partial charge in [0.05, 0.1) is 16.3 Å². The molecule has 2 heteroatoms. The summed E-state index contributed by atoms with van der Waals surface area (Å²) in [6, 6.07) is 0. The molecule has 0 aliphatic heterocycles. The zero-order valence-corrected chi connectivity index (χ0v) is 7.18. The Bertz CT molecular complexity index is 126. The van der Waals surface area contributed by atoms with Crippen LogP contribution >= 0.6 is 0 Å². The zero-order chi connectivity index (χ0) is 6.97. The summed E-state index contributed by atoms with van der Waals surface area (Å²) in [5, 5.41) is 0. The van der Waals surface area contributed by atoms with Crippen molar-refractivity contribution < 1.29 is 4.74 Å². The van der Waals surface area contributed by atoms with Crippen LogP contribution in [-0.2, 0) is 4.74 Å². The van der Waals surface area contributed by atoms with Gasteiger partial charge in [0, 0.05) is 6.23 Å². The van der Waals surface area contributed by atoms with Gasteiger partial charge in [0.1, 0.15) is 0 Å². The zero-order valence-electron chi connectivity index (χ0n) is 6.18. The summed E-state index contributed by atoms with van der Waals surface area (Å²) in [5.74, 6) is 1.91. The molecule has 3 atom stereocenters. The molecule has 55 valence electrons. The van der Waals surface area contributed by atoms with Gasteiger partial charge in [-0.05, 0) is 37.5 Å². The van der Waals surface area contributed by atoms with Crippen molar-refractivity contribution in [1.82, 2.24) is 0 Å². The third kappa shape index (κ3) is 1.03. The molecular formula is C8H13OSi. The summed E-state index contributed by atoms with van der Waals surface area (Å²) >= 11 is 0. The van der Waals surface area contributed by atoms with Crippen LogP contribution in [0.2, 0.25) is 0 Å². The molecular weight excluding hydrogens is 140 g/mol. The lowest BCUT2D eigenvalue weighted by atomic mass is 9.98. The van der Waals surface area contributed by atoms with Crippen LogP contribution in [-0.4, -0.2) is 22.6 Å². The van der Waals surface area contributed by atoms with Gasteiger partial charge in [0.2, 0.25) is 0 Å². The van der Waals surface area contributed by atoms with E-state index >= 15 is 0 Å². The molecule has 2 fully saturated rings. The highest BCUT2D eigenvalue weighted by molar-refractivity contribution is 6.08. The van der Waals surface area contributed by atoms with Gasteiger partial charge in [0.25, 0.3) is 0 Å². The second-order valence-corrected chi connectivity index (χ2v) is 3.81. The van der Waals surface area contributed by atoms with E-state index in [1.54, 1.807) is 0 Å². The summed E-state index contributed by atoms with van der Waals surface area (Å²) < 4.78 is 5.55. The van der Waals surface area contributed by atoms with Crippen LogP contribution in [0, 0.1) is 11.8 Å². The Morgan fingerprint density at radius 1 is 1.30 bits per heavy atom.